The van der Waals surface area contributed by atoms with Crippen molar-refractivity contribution in [3.63, 3.8) is 0 Å². The normalized spacial score (nSPS) is 16.7. The number of hydrogen-bond acceptors (Lipinski definition) is 4. The first kappa shape index (κ1) is 15.0. The van der Waals surface area contributed by atoms with E-state index in [1.165, 1.54) is 0 Å². The average Bonchev–Trinajstić information content (AvgIpc) is 2.45. The second-order valence-electron chi connectivity index (χ2n) is 4.64. The summed E-state index contributed by atoms with van der Waals surface area (Å²) in [6, 6.07) is 3.86. The minimum atomic E-state index is -4.49. The van der Waals surface area contributed by atoms with Crippen LogP contribution in [0, 0.1) is 17.2 Å². The number of hydrogen-bond donors (Lipinski definition) is 1. The van der Waals surface area contributed by atoms with Crippen molar-refractivity contribution in [1.29, 1.82) is 5.26 Å². The van der Waals surface area contributed by atoms with E-state index in [4.69, 9.17) is 5.26 Å². The molecule has 1 aliphatic rings. The van der Waals surface area contributed by atoms with Crippen LogP contribution in [-0.2, 0) is 6.18 Å². The molecule has 20 heavy (non-hydrogen) atoms. The molecule has 1 aliphatic heterocycles. The fraction of sp³-hybridized carbons (Fsp3) is 0.538. The number of anilines is 1. The molecule has 1 N–H and O–H groups in total. The third kappa shape index (κ3) is 3.79. The van der Waals surface area contributed by atoms with Crippen molar-refractivity contribution in [3.05, 3.63) is 23.4 Å². The maximum atomic E-state index is 12.6. The summed E-state index contributed by atoms with van der Waals surface area (Å²) in [5.41, 5.74) is -0.832. The molecule has 0 bridgehead atoms. The van der Waals surface area contributed by atoms with Crippen molar-refractivity contribution in [1.82, 2.24) is 4.98 Å². The zero-order chi connectivity index (χ0) is 14.6. The zero-order valence-corrected chi connectivity index (χ0v) is 11.5. The van der Waals surface area contributed by atoms with E-state index in [-0.39, 0.29) is 11.4 Å². The SMILES string of the molecule is N#Cc1ccc(C(F)(F)F)nc1NCC1CCSCC1. The number of thioether (sulfide) groups is 1. The monoisotopic (exact) mass is 301 g/mol. The number of aromatic nitrogens is 1. The molecule has 0 aliphatic carbocycles. The second-order valence-corrected chi connectivity index (χ2v) is 5.86. The predicted molar refractivity (Wildman–Crippen MR) is 72.5 cm³/mol. The molecular weight excluding hydrogens is 287 g/mol. The summed E-state index contributed by atoms with van der Waals surface area (Å²) in [6.07, 6.45) is -2.41. The molecule has 0 spiro atoms. The maximum absolute atomic E-state index is 12.6. The minimum absolute atomic E-state index is 0.0283. The molecule has 1 aromatic rings. The summed E-state index contributed by atoms with van der Waals surface area (Å²) in [5, 5.41) is 11.8. The van der Waals surface area contributed by atoms with Gasteiger partial charge in [-0.25, -0.2) is 4.98 Å². The summed E-state index contributed by atoms with van der Waals surface area (Å²) in [5.74, 6) is 2.61. The minimum Gasteiger partial charge on any atom is -0.369 e. The number of rotatable bonds is 3. The summed E-state index contributed by atoms with van der Waals surface area (Å²) in [6.45, 7) is 0.559. The van der Waals surface area contributed by atoms with Crippen LogP contribution in [-0.4, -0.2) is 23.0 Å². The predicted octanol–water partition coefficient (Wildman–Crippen LogP) is 3.53. The lowest BCUT2D eigenvalue weighted by molar-refractivity contribution is -0.141. The van der Waals surface area contributed by atoms with Crippen molar-refractivity contribution in [2.24, 2.45) is 5.92 Å². The summed E-state index contributed by atoms with van der Waals surface area (Å²) in [7, 11) is 0. The third-order valence-corrected chi connectivity index (χ3v) is 4.25. The van der Waals surface area contributed by atoms with Gasteiger partial charge in [-0.15, -0.1) is 0 Å². The van der Waals surface area contributed by atoms with Gasteiger partial charge < -0.3 is 5.32 Å². The Morgan fingerprint density at radius 2 is 2.05 bits per heavy atom. The van der Waals surface area contributed by atoms with Gasteiger partial charge in [-0.3, -0.25) is 0 Å². The van der Waals surface area contributed by atoms with Gasteiger partial charge in [0.1, 0.15) is 17.6 Å². The second kappa shape index (κ2) is 6.35. The smallest absolute Gasteiger partial charge is 0.369 e. The molecule has 2 rings (SSSR count). The summed E-state index contributed by atoms with van der Waals surface area (Å²) >= 11 is 1.89. The van der Waals surface area contributed by atoms with Crippen LogP contribution in [0.4, 0.5) is 19.0 Å². The van der Waals surface area contributed by atoms with E-state index in [1.54, 1.807) is 0 Å². The molecular formula is C13H14F3N3S. The standard InChI is InChI=1S/C13H14F3N3S/c14-13(15,16)11-2-1-10(7-17)12(19-11)18-8-9-3-5-20-6-4-9/h1-2,9H,3-6,8H2,(H,18,19). The van der Waals surface area contributed by atoms with Crippen LogP contribution in [0.5, 0.6) is 0 Å². The number of alkyl halides is 3. The number of pyridine rings is 1. The molecule has 0 aromatic carbocycles. The van der Waals surface area contributed by atoms with E-state index < -0.39 is 11.9 Å². The molecule has 2 heterocycles. The lowest BCUT2D eigenvalue weighted by Gasteiger charge is -2.22. The first-order valence-electron chi connectivity index (χ1n) is 6.30. The van der Waals surface area contributed by atoms with Crippen LogP contribution in [0.1, 0.15) is 24.1 Å². The van der Waals surface area contributed by atoms with Gasteiger partial charge in [0.2, 0.25) is 0 Å². The molecule has 0 amide bonds. The molecule has 0 saturated carbocycles. The molecule has 1 fully saturated rings. The van der Waals surface area contributed by atoms with Crippen molar-refractivity contribution in [2.45, 2.75) is 19.0 Å². The number of nitrogens with zero attached hydrogens (tertiary/aromatic N) is 2. The van der Waals surface area contributed by atoms with Crippen molar-refractivity contribution in [2.75, 3.05) is 23.4 Å². The van der Waals surface area contributed by atoms with E-state index in [0.717, 1.165) is 36.5 Å². The highest BCUT2D eigenvalue weighted by Gasteiger charge is 2.33. The Balaban J connectivity index is 2.10. The Morgan fingerprint density at radius 3 is 2.65 bits per heavy atom. The van der Waals surface area contributed by atoms with Gasteiger partial charge in [0.05, 0.1) is 5.56 Å². The van der Waals surface area contributed by atoms with Gasteiger partial charge in [0.15, 0.2) is 0 Å². The highest BCUT2D eigenvalue weighted by Crippen LogP contribution is 2.30. The Hall–Kier alpha value is -1.42. The van der Waals surface area contributed by atoms with Gasteiger partial charge in [0, 0.05) is 6.54 Å². The molecule has 7 heteroatoms. The van der Waals surface area contributed by atoms with Crippen LogP contribution >= 0.6 is 11.8 Å². The molecule has 0 unspecified atom stereocenters. The Labute approximate surface area is 119 Å². The Morgan fingerprint density at radius 1 is 1.35 bits per heavy atom. The van der Waals surface area contributed by atoms with E-state index >= 15 is 0 Å². The Kier molecular flexibility index (Phi) is 4.76. The summed E-state index contributed by atoms with van der Waals surface area (Å²) in [4.78, 5) is 3.54. The zero-order valence-electron chi connectivity index (χ0n) is 10.7. The lowest BCUT2D eigenvalue weighted by atomic mass is 10.0. The number of nitrogens with one attached hydrogen (secondary N) is 1. The fourth-order valence-corrected chi connectivity index (χ4v) is 3.24. The van der Waals surface area contributed by atoms with Crippen LogP contribution in [0.25, 0.3) is 0 Å². The van der Waals surface area contributed by atoms with Crippen LogP contribution < -0.4 is 5.32 Å². The van der Waals surface area contributed by atoms with E-state index in [2.05, 4.69) is 10.3 Å². The van der Waals surface area contributed by atoms with Crippen LogP contribution in [0.15, 0.2) is 12.1 Å². The molecule has 0 atom stereocenters. The van der Waals surface area contributed by atoms with E-state index in [9.17, 15) is 13.2 Å². The fourth-order valence-electron chi connectivity index (χ4n) is 2.03. The van der Waals surface area contributed by atoms with Gasteiger partial charge in [-0.1, -0.05) is 0 Å². The van der Waals surface area contributed by atoms with Gasteiger partial charge in [-0.05, 0) is 42.4 Å². The van der Waals surface area contributed by atoms with Crippen LogP contribution in [0.3, 0.4) is 0 Å². The van der Waals surface area contributed by atoms with E-state index in [1.807, 2.05) is 17.8 Å². The average molecular weight is 301 g/mol. The molecule has 1 saturated heterocycles. The highest BCUT2D eigenvalue weighted by atomic mass is 32.2. The van der Waals surface area contributed by atoms with Gasteiger partial charge >= 0.3 is 6.18 Å². The molecule has 1 aromatic heterocycles. The molecule has 3 nitrogen and oxygen atoms in total. The van der Waals surface area contributed by atoms with Crippen molar-refractivity contribution < 1.29 is 13.2 Å². The lowest BCUT2D eigenvalue weighted by Crippen LogP contribution is -2.20. The van der Waals surface area contributed by atoms with Crippen molar-refractivity contribution >= 4 is 17.6 Å². The summed E-state index contributed by atoms with van der Waals surface area (Å²) < 4.78 is 37.9. The van der Waals surface area contributed by atoms with E-state index in [0.29, 0.717) is 12.5 Å². The first-order chi connectivity index (χ1) is 9.50. The molecule has 108 valence electrons. The quantitative estimate of drug-likeness (QED) is 0.928. The van der Waals surface area contributed by atoms with Crippen molar-refractivity contribution in [3.8, 4) is 6.07 Å². The number of nitriles is 1. The van der Waals surface area contributed by atoms with Crippen LogP contribution in [0.2, 0.25) is 0 Å². The Bertz CT molecular complexity index is 505. The van der Waals surface area contributed by atoms with Gasteiger partial charge in [-0.2, -0.15) is 30.2 Å². The topological polar surface area (TPSA) is 48.7 Å². The van der Waals surface area contributed by atoms with Gasteiger partial charge in [0.25, 0.3) is 0 Å². The first-order valence-corrected chi connectivity index (χ1v) is 7.46. The highest BCUT2D eigenvalue weighted by molar-refractivity contribution is 7.99. The maximum Gasteiger partial charge on any atom is 0.433 e. The number of halogens is 3. The largest absolute Gasteiger partial charge is 0.433 e. The molecule has 0 radical (unpaired) electrons. The third-order valence-electron chi connectivity index (χ3n) is 3.21.